The van der Waals surface area contributed by atoms with E-state index in [1.807, 2.05) is 0 Å². The monoisotopic (exact) mass is 286 g/mol. The van der Waals surface area contributed by atoms with Gasteiger partial charge in [0.25, 0.3) is 5.91 Å². The van der Waals surface area contributed by atoms with Crippen LogP contribution in [0.5, 0.6) is 0 Å². The molecule has 1 aromatic rings. The maximum atomic E-state index is 10.9. The second-order valence-corrected chi connectivity index (χ2v) is 7.46. The molecule has 0 atom stereocenters. The molecule has 0 aliphatic rings. The van der Waals surface area contributed by atoms with Crippen LogP contribution in [0.2, 0.25) is 0 Å². The average Bonchev–Trinajstić information content (AvgIpc) is 2.27. The molecule has 21 heavy (non-hydrogen) atoms. The Hall–Kier alpha value is -1.77. The van der Waals surface area contributed by atoms with Crippen molar-refractivity contribution >= 4 is 18.7 Å². The Labute approximate surface area is 127 Å². The van der Waals surface area contributed by atoms with Crippen molar-refractivity contribution in [1.29, 1.82) is 0 Å². The van der Waals surface area contributed by atoms with Gasteiger partial charge in [0.2, 0.25) is 0 Å². The van der Waals surface area contributed by atoms with Gasteiger partial charge < -0.3 is 0 Å². The summed E-state index contributed by atoms with van der Waals surface area (Å²) in [6.45, 7) is 18.7. The van der Waals surface area contributed by atoms with Gasteiger partial charge in [-0.1, -0.05) is 48.1 Å². The summed E-state index contributed by atoms with van der Waals surface area (Å²) in [5.41, 5.74) is 2.38. The lowest BCUT2D eigenvalue weighted by atomic mass is 9.78. The van der Waals surface area contributed by atoms with Crippen LogP contribution < -0.4 is 10.4 Å². The SMILES string of the molecule is C=c1c(C(C)(C)C)cc(=CN=NC(C)=O)cc1C(C)(C)C. The molecule has 0 radical (unpaired) electrons. The number of hydrogen-bond acceptors (Lipinski definition) is 2. The molecule has 0 spiro atoms. The minimum absolute atomic E-state index is 0.00134. The Morgan fingerprint density at radius 1 is 1.05 bits per heavy atom. The standard InChI is InChI=1S/C18H26N2O/c1-12-15(17(3,4)5)9-14(11-19-20-13(2)21)10-16(12)18(6,7)8/h9-11H,1H2,2-8H3. The highest BCUT2D eigenvalue weighted by molar-refractivity contribution is 5.73. The topological polar surface area (TPSA) is 41.8 Å². The third kappa shape index (κ3) is 4.62. The zero-order valence-electron chi connectivity index (χ0n) is 14.2. The predicted molar refractivity (Wildman–Crippen MR) is 88.6 cm³/mol. The van der Waals surface area contributed by atoms with Gasteiger partial charge in [0.05, 0.1) is 6.20 Å². The summed E-state index contributed by atoms with van der Waals surface area (Å²) < 4.78 is 0. The summed E-state index contributed by atoms with van der Waals surface area (Å²) in [6.07, 6.45) is 1.63. The van der Waals surface area contributed by atoms with Crippen molar-refractivity contribution in [3.05, 3.63) is 33.7 Å². The molecule has 1 rings (SSSR count). The number of nitrogens with zero attached hydrogens (tertiary/aromatic N) is 2. The molecule has 0 bridgehead atoms. The van der Waals surface area contributed by atoms with Crippen LogP contribution in [0.3, 0.4) is 0 Å². The molecule has 0 heterocycles. The van der Waals surface area contributed by atoms with E-state index in [-0.39, 0.29) is 16.7 Å². The number of rotatable bonds is 1. The van der Waals surface area contributed by atoms with Crippen LogP contribution in [-0.4, -0.2) is 5.91 Å². The molecular formula is C18H26N2O. The summed E-state index contributed by atoms with van der Waals surface area (Å²) in [4.78, 5) is 10.9. The third-order valence-corrected chi connectivity index (χ3v) is 3.29. The molecule has 1 aromatic carbocycles. The van der Waals surface area contributed by atoms with Crippen molar-refractivity contribution in [3.63, 3.8) is 0 Å². The molecule has 0 fully saturated rings. The highest BCUT2D eigenvalue weighted by Gasteiger charge is 2.21. The second-order valence-electron chi connectivity index (χ2n) is 7.46. The Bertz CT molecular complexity index is 630. The van der Waals surface area contributed by atoms with Crippen LogP contribution in [-0.2, 0) is 15.6 Å². The molecule has 0 unspecified atom stereocenters. The number of amides is 1. The zero-order valence-corrected chi connectivity index (χ0v) is 14.2. The quantitative estimate of drug-likeness (QED) is 0.729. The molecule has 114 valence electrons. The van der Waals surface area contributed by atoms with Crippen molar-refractivity contribution in [2.75, 3.05) is 0 Å². The molecule has 1 amide bonds. The number of azo groups is 1. The van der Waals surface area contributed by atoms with Crippen molar-refractivity contribution in [2.45, 2.75) is 59.3 Å². The van der Waals surface area contributed by atoms with E-state index >= 15 is 0 Å². The highest BCUT2D eigenvalue weighted by Crippen LogP contribution is 2.22. The molecule has 0 saturated heterocycles. The van der Waals surface area contributed by atoms with Crippen LogP contribution in [0.1, 0.15) is 59.6 Å². The van der Waals surface area contributed by atoms with E-state index in [4.69, 9.17) is 0 Å². The maximum Gasteiger partial charge on any atom is 0.261 e. The van der Waals surface area contributed by atoms with Crippen LogP contribution in [0.25, 0.3) is 12.8 Å². The lowest BCUT2D eigenvalue weighted by Gasteiger charge is -2.26. The lowest BCUT2D eigenvalue weighted by molar-refractivity contribution is -0.116. The summed E-state index contributed by atoms with van der Waals surface area (Å²) in [5.74, 6) is -0.299. The first-order valence-corrected chi connectivity index (χ1v) is 7.18. The number of carbonyl (C=O) groups excluding carboxylic acids is 1. The van der Waals surface area contributed by atoms with Crippen LogP contribution in [0, 0.1) is 0 Å². The first-order chi connectivity index (χ1) is 9.43. The smallest absolute Gasteiger partial charge is 0.261 e. The van der Waals surface area contributed by atoms with E-state index in [9.17, 15) is 4.79 Å². The molecule has 3 heteroatoms. The third-order valence-electron chi connectivity index (χ3n) is 3.29. The van der Waals surface area contributed by atoms with Gasteiger partial charge in [0.15, 0.2) is 0 Å². The molecule has 0 N–H and O–H groups in total. The first kappa shape index (κ1) is 17.3. The van der Waals surface area contributed by atoms with Crippen molar-refractivity contribution < 1.29 is 4.79 Å². The van der Waals surface area contributed by atoms with E-state index in [0.717, 1.165) is 10.4 Å². The fourth-order valence-corrected chi connectivity index (χ4v) is 2.28. The molecule has 0 aliphatic heterocycles. The average molecular weight is 286 g/mol. The largest absolute Gasteiger partial charge is 0.271 e. The maximum absolute atomic E-state index is 10.9. The minimum atomic E-state index is -0.299. The number of hydrogen-bond donors (Lipinski definition) is 0. The molecule has 0 aliphatic carbocycles. The van der Waals surface area contributed by atoms with E-state index in [0.29, 0.717) is 0 Å². The van der Waals surface area contributed by atoms with Gasteiger partial charge in [-0.3, -0.25) is 4.79 Å². The summed E-state index contributed by atoms with van der Waals surface area (Å²) in [5, 5.41) is 9.41. The predicted octanol–water partition coefficient (Wildman–Crippen LogP) is 3.43. The fraction of sp³-hybridized carbons (Fsp3) is 0.500. The van der Waals surface area contributed by atoms with E-state index in [1.54, 1.807) is 6.20 Å². The Morgan fingerprint density at radius 3 is 1.81 bits per heavy atom. The normalized spacial score (nSPS) is 12.7. The van der Waals surface area contributed by atoms with Gasteiger partial charge in [-0.15, -0.1) is 5.11 Å². The van der Waals surface area contributed by atoms with Crippen LogP contribution in [0.15, 0.2) is 22.4 Å². The van der Waals surface area contributed by atoms with Gasteiger partial charge in [-0.2, -0.15) is 5.11 Å². The zero-order chi connectivity index (χ0) is 16.4. The molecule has 3 nitrogen and oxygen atoms in total. The van der Waals surface area contributed by atoms with Crippen molar-refractivity contribution in [1.82, 2.24) is 0 Å². The summed E-state index contributed by atoms with van der Waals surface area (Å²) in [6, 6.07) is 4.16. The highest BCUT2D eigenvalue weighted by atomic mass is 16.1. The first-order valence-electron chi connectivity index (χ1n) is 7.18. The van der Waals surface area contributed by atoms with Crippen molar-refractivity contribution in [3.8, 4) is 0 Å². The Kier molecular flexibility index (Phi) is 4.87. The van der Waals surface area contributed by atoms with Crippen LogP contribution >= 0.6 is 0 Å². The fourth-order valence-electron chi connectivity index (χ4n) is 2.28. The molecular weight excluding hydrogens is 260 g/mol. The molecule has 0 saturated carbocycles. The lowest BCUT2D eigenvalue weighted by Crippen LogP contribution is -2.32. The van der Waals surface area contributed by atoms with E-state index in [1.165, 1.54) is 18.1 Å². The van der Waals surface area contributed by atoms with Gasteiger partial charge in [-0.05, 0) is 44.5 Å². The Morgan fingerprint density at radius 2 is 1.48 bits per heavy atom. The van der Waals surface area contributed by atoms with E-state index < -0.39 is 0 Å². The summed E-state index contributed by atoms with van der Waals surface area (Å²) in [7, 11) is 0. The number of benzene rings is 1. The Balaban J connectivity index is 3.63. The van der Waals surface area contributed by atoms with Gasteiger partial charge in [0, 0.05) is 6.92 Å². The van der Waals surface area contributed by atoms with Crippen LogP contribution in [0.4, 0.5) is 0 Å². The molecule has 0 aromatic heterocycles. The van der Waals surface area contributed by atoms with Gasteiger partial charge in [-0.25, -0.2) is 0 Å². The second kappa shape index (κ2) is 5.92. The summed E-state index contributed by atoms with van der Waals surface area (Å²) >= 11 is 0. The van der Waals surface area contributed by atoms with Gasteiger partial charge in [0.1, 0.15) is 0 Å². The van der Waals surface area contributed by atoms with Crippen molar-refractivity contribution in [2.24, 2.45) is 10.2 Å². The minimum Gasteiger partial charge on any atom is -0.271 e. The van der Waals surface area contributed by atoms with E-state index in [2.05, 4.69) is 70.5 Å². The number of carbonyl (C=O) groups is 1. The van der Waals surface area contributed by atoms with Gasteiger partial charge >= 0.3 is 0 Å².